The number of benzene rings is 2. The van der Waals surface area contributed by atoms with Crippen molar-refractivity contribution in [2.75, 3.05) is 0 Å². The van der Waals surface area contributed by atoms with Crippen molar-refractivity contribution in [2.24, 2.45) is 5.41 Å². The van der Waals surface area contributed by atoms with E-state index in [0.29, 0.717) is 11.3 Å². The van der Waals surface area contributed by atoms with Gasteiger partial charge in [0.15, 0.2) is 0 Å². The first-order chi connectivity index (χ1) is 12.1. The van der Waals surface area contributed by atoms with Crippen molar-refractivity contribution < 1.29 is 4.74 Å². The third-order valence-corrected chi connectivity index (χ3v) is 4.37. The highest BCUT2D eigenvalue weighted by molar-refractivity contribution is 5.54. The highest BCUT2D eigenvalue weighted by Crippen LogP contribution is 2.39. The molecule has 0 N–H and O–H groups in total. The van der Waals surface area contributed by atoms with Crippen molar-refractivity contribution in [3.05, 3.63) is 64.7 Å². The van der Waals surface area contributed by atoms with Crippen molar-refractivity contribution in [3.8, 4) is 17.9 Å². The lowest BCUT2D eigenvalue weighted by Crippen LogP contribution is -2.24. The monoisotopic (exact) mass is 346 g/mol. The summed E-state index contributed by atoms with van der Waals surface area (Å²) in [5, 5.41) is 18.7. The zero-order chi connectivity index (χ0) is 19.5. The van der Waals surface area contributed by atoms with Gasteiger partial charge >= 0.3 is 0 Å². The molecule has 0 fully saturated rings. The van der Waals surface area contributed by atoms with Crippen LogP contribution in [0.5, 0.6) is 5.75 Å². The molecule has 0 aliphatic heterocycles. The standard InChI is InChI=1S/C23H26N2O/c1-22(2,3)18-12-10-16(11-13-18)21(23(4,5)6)26-20-9-7-8-17(14-24)19(20)15-25/h7-13,21H,1-6H3. The smallest absolute Gasteiger partial charge is 0.139 e. The second kappa shape index (κ2) is 7.22. The molecule has 0 saturated heterocycles. The van der Waals surface area contributed by atoms with Crippen LogP contribution in [0.3, 0.4) is 0 Å². The Balaban J connectivity index is 2.46. The molecule has 0 radical (unpaired) electrons. The minimum absolute atomic E-state index is 0.0890. The van der Waals surface area contributed by atoms with Crippen LogP contribution in [-0.2, 0) is 5.41 Å². The largest absolute Gasteiger partial charge is 0.484 e. The normalized spacial score (nSPS) is 12.8. The molecule has 2 rings (SSSR count). The van der Waals surface area contributed by atoms with Gasteiger partial charge in [0, 0.05) is 5.41 Å². The predicted octanol–water partition coefficient (Wildman–Crippen LogP) is 5.89. The molecule has 0 aliphatic carbocycles. The lowest BCUT2D eigenvalue weighted by Gasteiger charge is -2.32. The summed E-state index contributed by atoms with van der Waals surface area (Å²) in [7, 11) is 0. The molecule has 0 saturated carbocycles. The van der Waals surface area contributed by atoms with E-state index in [9.17, 15) is 10.5 Å². The first-order valence-electron chi connectivity index (χ1n) is 8.78. The van der Waals surface area contributed by atoms with E-state index < -0.39 is 0 Å². The molecule has 134 valence electrons. The molecule has 0 aromatic heterocycles. The molecule has 0 amide bonds. The minimum Gasteiger partial charge on any atom is -0.484 e. The molecule has 26 heavy (non-hydrogen) atoms. The Bertz CT molecular complexity index is 854. The molecule has 2 aromatic rings. The molecule has 2 aromatic carbocycles. The van der Waals surface area contributed by atoms with E-state index >= 15 is 0 Å². The van der Waals surface area contributed by atoms with Gasteiger partial charge in [-0.2, -0.15) is 10.5 Å². The summed E-state index contributed by atoms with van der Waals surface area (Å²) in [6.07, 6.45) is -0.238. The van der Waals surface area contributed by atoms with E-state index in [2.05, 4.69) is 77.9 Å². The Morgan fingerprint density at radius 2 is 1.46 bits per heavy atom. The molecule has 3 nitrogen and oxygen atoms in total. The Hall–Kier alpha value is -2.78. The fourth-order valence-electron chi connectivity index (χ4n) is 2.87. The average Bonchev–Trinajstić information content (AvgIpc) is 2.57. The number of nitriles is 2. The van der Waals surface area contributed by atoms with Gasteiger partial charge in [0.05, 0.1) is 5.56 Å². The van der Waals surface area contributed by atoms with Gasteiger partial charge < -0.3 is 4.74 Å². The summed E-state index contributed by atoms with van der Waals surface area (Å²) in [4.78, 5) is 0. The molecule has 0 aliphatic rings. The van der Waals surface area contributed by atoms with Crippen molar-refractivity contribution in [1.82, 2.24) is 0 Å². The Morgan fingerprint density at radius 3 is 1.92 bits per heavy atom. The van der Waals surface area contributed by atoms with E-state index in [4.69, 9.17) is 4.74 Å². The fraction of sp³-hybridized carbons (Fsp3) is 0.391. The Kier molecular flexibility index (Phi) is 5.43. The lowest BCUT2D eigenvalue weighted by atomic mass is 9.82. The number of rotatable bonds is 3. The Morgan fingerprint density at radius 1 is 0.846 bits per heavy atom. The summed E-state index contributed by atoms with van der Waals surface area (Å²) in [6, 6.07) is 17.8. The molecule has 0 heterocycles. The van der Waals surface area contributed by atoms with E-state index in [1.807, 2.05) is 0 Å². The predicted molar refractivity (Wildman–Crippen MR) is 104 cm³/mol. The second-order valence-electron chi connectivity index (χ2n) is 8.64. The van der Waals surface area contributed by atoms with Crippen LogP contribution in [0, 0.1) is 28.1 Å². The van der Waals surface area contributed by atoms with E-state index in [1.165, 1.54) is 5.56 Å². The summed E-state index contributed by atoms with van der Waals surface area (Å²) in [5.41, 5.74) is 2.84. The van der Waals surface area contributed by atoms with Crippen LogP contribution in [0.1, 0.15) is 69.9 Å². The maximum Gasteiger partial charge on any atom is 0.139 e. The summed E-state index contributed by atoms with van der Waals surface area (Å²) in [6.45, 7) is 12.9. The minimum atomic E-state index is -0.238. The fourth-order valence-corrected chi connectivity index (χ4v) is 2.87. The van der Waals surface area contributed by atoms with Gasteiger partial charge in [-0.15, -0.1) is 0 Å². The number of hydrogen-bond acceptors (Lipinski definition) is 3. The zero-order valence-electron chi connectivity index (χ0n) is 16.4. The topological polar surface area (TPSA) is 56.8 Å². The molecule has 0 bridgehead atoms. The highest BCUT2D eigenvalue weighted by Gasteiger charge is 2.30. The summed E-state index contributed by atoms with van der Waals surface area (Å²) in [5.74, 6) is 0.450. The van der Waals surface area contributed by atoms with E-state index in [0.717, 1.165) is 5.56 Å². The van der Waals surface area contributed by atoms with Crippen molar-refractivity contribution in [2.45, 2.75) is 53.1 Å². The maximum absolute atomic E-state index is 9.46. The van der Waals surface area contributed by atoms with Gasteiger partial charge in [-0.05, 0) is 28.7 Å². The second-order valence-corrected chi connectivity index (χ2v) is 8.64. The molecule has 1 unspecified atom stereocenters. The summed E-state index contributed by atoms with van der Waals surface area (Å²) >= 11 is 0. The van der Waals surface area contributed by atoms with Gasteiger partial charge in [-0.3, -0.25) is 0 Å². The molecular formula is C23H26N2O. The third kappa shape index (κ3) is 4.24. The van der Waals surface area contributed by atoms with Crippen LogP contribution in [0.4, 0.5) is 0 Å². The first kappa shape index (κ1) is 19.5. The van der Waals surface area contributed by atoms with Gasteiger partial charge in [-0.25, -0.2) is 0 Å². The van der Waals surface area contributed by atoms with Crippen LogP contribution in [0.15, 0.2) is 42.5 Å². The van der Waals surface area contributed by atoms with Crippen LogP contribution in [0.25, 0.3) is 0 Å². The van der Waals surface area contributed by atoms with Crippen molar-refractivity contribution in [1.29, 1.82) is 10.5 Å². The van der Waals surface area contributed by atoms with Gasteiger partial charge in [0.2, 0.25) is 0 Å². The molecule has 3 heteroatoms. The van der Waals surface area contributed by atoms with Crippen molar-refractivity contribution in [3.63, 3.8) is 0 Å². The number of ether oxygens (including phenoxy) is 1. The number of nitrogens with zero attached hydrogens (tertiary/aromatic N) is 2. The van der Waals surface area contributed by atoms with Crippen LogP contribution >= 0.6 is 0 Å². The molecule has 0 spiro atoms. The average molecular weight is 346 g/mol. The van der Waals surface area contributed by atoms with Crippen LogP contribution < -0.4 is 4.74 Å². The van der Waals surface area contributed by atoms with Crippen LogP contribution in [0.2, 0.25) is 0 Å². The maximum atomic E-state index is 9.46. The zero-order valence-corrected chi connectivity index (χ0v) is 16.4. The molecule has 1 atom stereocenters. The van der Waals surface area contributed by atoms with Gasteiger partial charge in [0.25, 0.3) is 0 Å². The van der Waals surface area contributed by atoms with Crippen molar-refractivity contribution >= 4 is 0 Å². The quantitative estimate of drug-likeness (QED) is 0.696. The summed E-state index contributed by atoms with van der Waals surface area (Å²) < 4.78 is 6.28. The lowest BCUT2D eigenvalue weighted by molar-refractivity contribution is 0.0865. The van der Waals surface area contributed by atoms with E-state index in [-0.39, 0.29) is 22.5 Å². The molecular weight excluding hydrogens is 320 g/mol. The van der Waals surface area contributed by atoms with Gasteiger partial charge in [0.1, 0.15) is 29.6 Å². The van der Waals surface area contributed by atoms with E-state index in [1.54, 1.807) is 18.2 Å². The SMILES string of the molecule is CC(C)(C)c1ccc(C(Oc2cccc(C#N)c2C#N)C(C)(C)C)cc1. The number of hydrogen-bond donors (Lipinski definition) is 0. The third-order valence-electron chi connectivity index (χ3n) is 4.37. The highest BCUT2D eigenvalue weighted by atomic mass is 16.5. The Labute approximate surface area is 156 Å². The van der Waals surface area contributed by atoms with Gasteiger partial charge in [-0.1, -0.05) is 71.9 Å². The van der Waals surface area contributed by atoms with Crippen LogP contribution in [-0.4, -0.2) is 0 Å². The first-order valence-corrected chi connectivity index (χ1v) is 8.78.